The summed E-state index contributed by atoms with van der Waals surface area (Å²) >= 11 is 0. The molecule has 0 saturated carbocycles. The number of nitrogens with zero attached hydrogens (tertiary/aromatic N) is 4. The van der Waals surface area contributed by atoms with Crippen LogP contribution in [-0.4, -0.2) is 32.8 Å². The van der Waals surface area contributed by atoms with E-state index in [2.05, 4.69) is 20.4 Å². The summed E-state index contributed by atoms with van der Waals surface area (Å²) in [7, 11) is 1.60. The van der Waals surface area contributed by atoms with Crippen LogP contribution in [-0.2, 0) is 24.3 Å². The largest absolute Gasteiger partial charge is 0.497 e. The number of oxazole rings is 1. The van der Waals surface area contributed by atoms with Crippen molar-refractivity contribution in [3.8, 4) is 5.75 Å². The van der Waals surface area contributed by atoms with Crippen LogP contribution >= 0.6 is 0 Å². The zero-order valence-corrected chi connectivity index (χ0v) is 13.2. The highest BCUT2D eigenvalue weighted by Crippen LogP contribution is 2.21. The number of ether oxygens (including phenoxy) is 1. The molecule has 8 heteroatoms. The predicted octanol–water partition coefficient (Wildman–Crippen LogP) is 1.31. The smallest absolute Gasteiger partial charge is 0.225 e. The van der Waals surface area contributed by atoms with Gasteiger partial charge in [-0.3, -0.25) is 4.79 Å². The van der Waals surface area contributed by atoms with E-state index in [-0.39, 0.29) is 18.4 Å². The fourth-order valence-corrected chi connectivity index (χ4v) is 2.92. The van der Waals surface area contributed by atoms with Gasteiger partial charge < -0.3 is 14.5 Å². The number of hydrogen-bond donors (Lipinski definition) is 1. The molecule has 0 aliphatic carbocycles. The number of benzene rings is 1. The van der Waals surface area contributed by atoms with Crippen LogP contribution in [0.15, 0.2) is 28.9 Å². The Bertz CT molecular complexity index is 885. The van der Waals surface area contributed by atoms with Crippen molar-refractivity contribution in [3.05, 3.63) is 36.2 Å². The molecule has 2 aromatic heterocycles. The highest BCUT2D eigenvalue weighted by atomic mass is 16.5. The lowest BCUT2D eigenvalue weighted by atomic mass is 9.99. The summed E-state index contributed by atoms with van der Waals surface area (Å²) in [4.78, 5) is 20.9. The molecule has 3 aromatic rings. The fourth-order valence-electron chi connectivity index (χ4n) is 2.92. The van der Waals surface area contributed by atoms with Gasteiger partial charge in [0.1, 0.15) is 23.4 Å². The van der Waals surface area contributed by atoms with Gasteiger partial charge in [-0.1, -0.05) is 0 Å². The van der Waals surface area contributed by atoms with Crippen molar-refractivity contribution in [1.82, 2.24) is 25.1 Å². The van der Waals surface area contributed by atoms with Gasteiger partial charge >= 0.3 is 0 Å². The summed E-state index contributed by atoms with van der Waals surface area (Å²) in [5, 5.41) is 7.03. The third-order valence-electron chi connectivity index (χ3n) is 4.23. The van der Waals surface area contributed by atoms with Gasteiger partial charge in [0, 0.05) is 12.5 Å². The Morgan fingerprint density at radius 1 is 1.50 bits per heavy atom. The first-order chi connectivity index (χ1) is 11.7. The topological polar surface area (TPSA) is 95.1 Å². The first-order valence-electron chi connectivity index (χ1n) is 7.81. The number of carbonyl (C=O) groups excluding carboxylic acids is 1. The van der Waals surface area contributed by atoms with E-state index >= 15 is 0 Å². The van der Waals surface area contributed by atoms with Crippen molar-refractivity contribution < 1.29 is 13.9 Å². The second-order valence-corrected chi connectivity index (χ2v) is 5.75. The van der Waals surface area contributed by atoms with Crippen molar-refractivity contribution in [3.63, 3.8) is 0 Å². The molecular formula is C16H17N5O3. The van der Waals surface area contributed by atoms with Gasteiger partial charge in [-0.05, 0) is 18.6 Å². The van der Waals surface area contributed by atoms with E-state index in [4.69, 9.17) is 9.15 Å². The summed E-state index contributed by atoms with van der Waals surface area (Å²) in [5.74, 6) is 2.01. The zero-order valence-electron chi connectivity index (χ0n) is 13.2. The lowest BCUT2D eigenvalue weighted by Gasteiger charge is -2.21. The minimum Gasteiger partial charge on any atom is -0.497 e. The van der Waals surface area contributed by atoms with Crippen LogP contribution in [0.5, 0.6) is 5.75 Å². The van der Waals surface area contributed by atoms with E-state index in [0.717, 1.165) is 24.4 Å². The Labute approximate surface area is 137 Å². The molecule has 1 amide bonds. The van der Waals surface area contributed by atoms with Gasteiger partial charge in [0.2, 0.25) is 11.8 Å². The predicted molar refractivity (Wildman–Crippen MR) is 84.2 cm³/mol. The molecule has 3 heterocycles. The van der Waals surface area contributed by atoms with Gasteiger partial charge in [-0.25, -0.2) is 14.6 Å². The number of fused-ring (bicyclic) bond motifs is 2. The lowest BCUT2D eigenvalue weighted by molar-refractivity contribution is -0.126. The van der Waals surface area contributed by atoms with Gasteiger partial charge in [-0.15, -0.1) is 0 Å². The summed E-state index contributed by atoms with van der Waals surface area (Å²) < 4.78 is 12.6. The Kier molecular flexibility index (Phi) is 3.64. The number of rotatable bonds is 4. The molecule has 1 unspecified atom stereocenters. The molecule has 24 heavy (non-hydrogen) atoms. The first kappa shape index (κ1) is 14.7. The summed E-state index contributed by atoms with van der Waals surface area (Å²) in [6, 6.07) is 5.42. The van der Waals surface area contributed by atoms with E-state index < -0.39 is 0 Å². The van der Waals surface area contributed by atoms with Crippen LogP contribution in [0.25, 0.3) is 11.1 Å². The van der Waals surface area contributed by atoms with Crippen LogP contribution in [0.4, 0.5) is 0 Å². The number of carbonyl (C=O) groups is 1. The number of aromatic nitrogens is 4. The normalized spacial score (nSPS) is 16.8. The minimum atomic E-state index is -0.108. The van der Waals surface area contributed by atoms with Crippen LogP contribution < -0.4 is 10.1 Å². The van der Waals surface area contributed by atoms with Crippen molar-refractivity contribution in [2.75, 3.05) is 7.11 Å². The average molecular weight is 327 g/mol. The van der Waals surface area contributed by atoms with Crippen molar-refractivity contribution in [1.29, 1.82) is 0 Å². The van der Waals surface area contributed by atoms with Crippen LogP contribution in [0, 0.1) is 5.92 Å². The van der Waals surface area contributed by atoms with Crippen LogP contribution in [0.3, 0.4) is 0 Å². The summed E-state index contributed by atoms with van der Waals surface area (Å²) in [6.45, 7) is 0.822. The van der Waals surface area contributed by atoms with E-state index in [1.807, 2.05) is 6.07 Å². The van der Waals surface area contributed by atoms with Crippen molar-refractivity contribution in [2.45, 2.75) is 25.9 Å². The van der Waals surface area contributed by atoms with Crippen molar-refractivity contribution >= 4 is 17.0 Å². The highest BCUT2D eigenvalue weighted by Gasteiger charge is 2.25. The van der Waals surface area contributed by atoms with E-state index in [9.17, 15) is 4.79 Å². The molecule has 0 spiro atoms. The molecule has 0 saturated heterocycles. The van der Waals surface area contributed by atoms with E-state index in [0.29, 0.717) is 23.5 Å². The zero-order chi connectivity index (χ0) is 16.5. The summed E-state index contributed by atoms with van der Waals surface area (Å²) in [5.41, 5.74) is 1.38. The first-order valence-corrected chi connectivity index (χ1v) is 7.81. The van der Waals surface area contributed by atoms with E-state index in [1.54, 1.807) is 23.9 Å². The monoisotopic (exact) mass is 327 g/mol. The fraction of sp³-hybridized carbons (Fsp3) is 0.375. The lowest BCUT2D eigenvalue weighted by Crippen LogP contribution is -2.36. The second kappa shape index (κ2) is 5.95. The maximum absolute atomic E-state index is 12.4. The third-order valence-corrected chi connectivity index (χ3v) is 4.23. The third kappa shape index (κ3) is 2.70. The number of hydrogen-bond acceptors (Lipinski definition) is 6. The van der Waals surface area contributed by atoms with E-state index in [1.165, 1.54) is 6.33 Å². The molecule has 0 fully saturated rings. The standard InChI is InChI=1S/C16H17N5O3/c1-23-11-3-4-13-12(6-11)20-15(24-13)7-17-16(22)10-2-5-14-18-9-19-21(14)8-10/h3-4,6,9-10H,2,5,7-8H2,1H3,(H,17,22). The minimum absolute atomic E-state index is 0.0176. The molecule has 1 atom stereocenters. The SMILES string of the molecule is COc1ccc2oc(CNC(=O)C3CCc4ncnn4C3)nc2c1. The van der Waals surface area contributed by atoms with Gasteiger partial charge in [0.25, 0.3) is 0 Å². The molecule has 1 N–H and O–H groups in total. The number of methoxy groups -OCH3 is 1. The Morgan fingerprint density at radius 2 is 2.42 bits per heavy atom. The highest BCUT2D eigenvalue weighted by molar-refractivity contribution is 5.79. The molecule has 1 aromatic carbocycles. The Hall–Kier alpha value is -2.90. The molecule has 1 aliphatic heterocycles. The Morgan fingerprint density at radius 3 is 3.29 bits per heavy atom. The van der Waals surface area contributed by atoms with Crippen LogP contribution in [0.2, 0.25) is 0 Å². The van der Waals surface area contributed by atoms with Gasteiger partial charge in [0.05, 0.1) is 26.1 Å². The maximum Gasteiger partial charge on any atom is 0.225 e. The number of aryl methyl sites for hydroxylation is 1. The number of amides is 1. The quantitative estimate of drug-likeness (QED) is 0.776. The molecular weight excluding hydrogens is 310 g/mol. The summed E-state index contributed by atoms with van der Waals surface area (Å²) in [6.07, 6.45) is 3.07. The molecule has 1 aliphatic rings. The van der Waals surface area contributed by atoms with Crippen LogP contribution in [0.1, 0.15) is 18.1 Å². The molecule has 0 radical (unpaired) electrons. The number of nitrogens with one attached hydrogen (secondary N) is 1. The second-order valence-electron chi connectivity index (χ2n) is 5.75. The molecule has 124 valence electrons. The maximum atomic E-state index is 12.4. The molecule has 4 rings (SSSR count). The average Bonchev–Trinajstić information content (AvgIpc) is 3.24. The van der Waals surface area contributed by atoms with Crippen molar-refractivity contribution in [2.24, 2.45) is 5.92 Å². The molecule has 8 nitrogen and oxygen atoms in total. The van der Waals surface area contributed by atoms with Gasteiger partial charge in [0.15, 0.2) is 5.58 Å². The Balaban J connectivity index is 1.40. The van der Waals surface area contributed by atoms with Gasteiger partial charge in [-0.2, -0.15) is 5.10 Å². The molecule has 0 bridgehead atoms.